The minimum atomic E-state index is -0.386. The number of halogens is 2. The first-order chi connectivity index (χ1) is 20.6. The second-order valence-corrected chi connectivity index (χ2v) is 12.9. The Bertz CT molecular complexity index is 2010. The van der Waals surface area contributed by atoms with Gasteiger partial charge in [-0.05, 0) is 79.4 Å². The molecule has 3 heteroatoms. The van der Waals surface area contributed by atoms with Crippen molar-refractivity contribution in [2.45, 2.75) is 11.8 Å². The number of fused-ring (bicyclic) bond motifs is 10. The highest BCUT2D eigenvalue weighted by Gasteiger charge is 2.51. The molecule has 0 N–H and O–H groups in total. The average molecular weight is 668 g/mol. The van der Waals surface area contributed by atoms with Crippen molar-refractivity contribution < 1.29 is 4.79 Å². The molecule has 1 spiro atoms. The van der Waals surface area contributed by atoms with Crippen LogP contribution in [0.15, 0.2) is 142 Å². The molecule has 0 fully saturated rings. The number of carbonyl (C=O) groups is 1. The highest BCUT2D eigenvalue weighted by molar-refractivity contribution is 9.11. The number of hydrogen-bond acceptors (Lipinski definition) is 1. The van der Waals surface area contributed by atoms with Gasteiger partial charge in [0, 0.05) is 20.9 Å². The van der Waals surface area contributed by atoms with E-state index in [9.17, 15) is 4.79 Å². The third kappa shape index (κ3) is 3.63. The second-order valence-electron chi connectivity index (χ2n) is 11.0. The van der Waals surface area contributed by atoms with Gasteiger partial charge in [0.1, 0.15) is 0 Å². The number of rotatable bonds is 4. The van der Waals surface area contributed by atoms with Crippen LogP contribution in [0, 0.1) is 0 Å². The molecule has 2 aliphatic carbocycles. The summed E-state index contributed by atoms with van der Waals surface area (Å²) in [6.45, 7) is 0. The van der Waals surface area contributed by atoms with Gasteiger partial charge in [0.15, 0.2) is 5.78 Å². The van der Waals surface area contributed by atoms with Crippen molar-refractivity contribution in [2.75, 3.05) is 0 Å². The van der Waals surface area contributed by atoms with E-state index < -0.39 is 0 Å². The molecule has 1 nitrogen and oxygen atoms in total. The van der Waals surface area contributed by atoms with Crippen LogP contribution in [0.1, 0.15) is 38.2 Å². The molecule has 6 aromatic carbocycles. The Kier molecular flexibility index (Phi) is 5.96. The van der Waals surface area contributed by atoms with Crippen molar-refractivity contribution in [3.8, 4) is 33.4 Å². The van der Waals surface area contributed by atoms with Crippen LogP contribution in [0.25, 0.3) is 33.4 Å². The lowest BCUT2D eigenvalue weighted by atomic mass is 9.70. The largest absolute Gasteiger partial charge is 0.294 e. The van der Waals surface area contributed by atoms with Gasteiger partial charge in [0.25, 0.3) is 0 Å². The highest BCUT2D eigenvalue weighted by Crippen LogP contribution is 2.63. The summed E-state index contributed by atoms with van der Waals surface area (Å²) in [4.78, 5) is 13.6. The summed E-state index contributed by atoms with van der Waals surface area (Å²) in [6, 6.07) is 47.4. The molecule has 0 heterocycles. The Labute approximate surface area is 262 Å². The van der Waals surface area contributed by atoms with Crippen LogP contribution in [0.5, 0.6) is 0 Å². The standard InChI is InChI=1S/C39H24Br2O/c40-26-20-25(21-27(41)23-26)37(42)22-24-10-1-2-11-28(24)31-15-9-19-36-38(31)32-14-5-8-18-35(32)39(36)33-16-6-3-12-29(33)30-13-4-7-17-34(30)39/h1-21,23H,22H2. The molecule has 0 saturated heterocycles. The van der Waals surface area contributed by atoms with Crippen LogP contribution < -0.4 is 0 Å². The molecule has 2 aliphatic rings. The van der Waals surface area contributed by atoms with E-state index in [0.717, 1.165) is 25.6 Å². The van der Waals surface area contributed by atoms with Crippen LogP contribution in [-0.2, 0) is 11.8 Å². The van der Waals surface area contributed by atoms with Crippen molar-refractivity contribution in [3.63, 3.8) is 0 Å². The molecular formula is C39H24Br2O. The summed E-state index contributed by atoms with van der Waals surface area (Å²) in [6.07, 6.45) is 0.321. The molecule has 0 amide bonds. The smallest absolute Gasteiger partial charge is 0.167 e. The second kappa shape index (κ2) is 9.76. The number of Topliss-reactive ketones (excluding diaryl/α,β-unsaturated/α-hetero) is 1. The zero-order chi connectivity index (χ0) is 28.4. The van der Waals surface area contributed by atoms with E-state index >= 15 is 0 Å². The minimum Gasteiger partial charge on any atom is -0.294 e. The maximum absolute atomic E-state index is 13.6. The first kappa shape index (κ1) is 25.6. The highest BCUT2D eigenvalue weighted by atomic mass is 79.9. The van der Waals surface area contributed by atoms with E-state index in [1.807, 2.05) is 24.3 Å². The van der Waals surface area contributed by atoms with Gasteiger partial charge in [-0.2, -0.15) is 0 Å². The first-order valence-corrected chi connectivity index (χ1v) is 15.7. The van der Waals surface area contributed by atoms with Crippen molar-refractivity contribution in [1.82, 2.24) is 0 Å². The van der Waals surface area contributed by atoms with E-state index in [1.54, 1.807) is 0 Å². The van der Waals surface area contributed by atoms with Crippen molar-refractivity contribution >= 4 is 37.6 Å². The molecule has 0 atom stereocenters. The van der Waals surface area contributed by atoms with Crippen molar-refractivity contribution in [3.05, 3.63) is 176 Å². The summed E-state index contributed by atoms with van der Waals surface area (Å²) >= 11 is 7.07. The molecule has 0 radical (unpaired) electrons. The van der Waals surface area contributed by atoms with Crippen molar-refractivity contribution in [2.24, 2.45) is 0 Å². The molecule has 200 valence electrons. The quantitative estimate of drug-likeness (QED) is 0.171. The van der Waals surface area contributed by atoms with Crippen LogP contribution in [-0.4, -0.2) is 5.78 Å². The maximum atomic E-state index is 13.6. The van der Waals surface area contributed by atoms with Gasteiger partial charge in [-0.1, -0.05) is 147 Å². The molecule has 8 rings (SSSR count). The van der Waals surface area contributed by atoms with Crippen molar-refractivity contribution in [1.29, 1.82) is 0 Å². The van der Waals surface area contributed by atoms with E-state index in [0.29, 0.717) is 12.0 Å². The van der Waals surface area contributed by atoms with Gasteiger partial charge in [-0.3, -0.25) is 4.79 Å². The lowest BCUT2D eigenvalue weighted by Crippen LogP contribution is -2.25. The third-order valence-corrected chi connectivity index (χ3v) is 9.78. The Morgan fingerprint density at radius 3 is 1.62 bits per heavy atom. The predicted molar refractivity (Wildman–Crippen MR) is 178 cm³/mol. The Balaban J connectivity index is 1.36. The monoisotopic (exact) mass is 666 g/mol. The number of carbonyl (C=O) groups excluding carboxylic acids is 1. The fourth-order valence-electron chi connectivity index (χ4n) is 7.30. The predicted octanol–water partition coefficient (Wildman–Crippen LogP) is 10.6. The number of benzene rings is 6. The fraction of sp³-hybridized carbons (Fsp3) is 0.0513. The summed E-state index contributed by atoms with van der Waals surface area (Å²) in [5.41, 5.74) is 14.0. The minimum absolute atomic E-state index is 0.0903. The SMILES string of the molecule is O=C(Cc1ccccc1-c1cccc2c1-c1ccccc1C21c2ccccc2-c2ccccc21)c1cc(Br)cc(Br)c1. The lowest BCUT2D eigenvalue weighted by molar-refractivity contribution is 0.0993. The van der Waals surface area contributed by atoms with E-state index in [2.05, 4.69) is 141 Å². The van der Waals surface area contributed by atoms with Crippen LogP contribution in [0.2, 0.25) is 0 Å². The average Bonchev–Trinajstić information content (AvgIpc) is 3.49. The van der Waals surface area contributed by atoms with Gasteiger partial charge >= 0.3 is 0 Å². The van der Waals surface area contributed by atoms with Gasteiger partial charge in [0.05, 0.1) is 5.41 Å². The molecular weight excluding hydrogens is 644 g/mol. The maximum Gasteiger partial charge on any atom is 0.167 e. The van der Waals surface area contributed by atoms with Gasteiger partial charge in [0.2, 0.25) is 0 Å². The Morgan fingerprint density at radius 1 is 0.500 bits per heavy atom. The molecule has 6 aromatic rings. The van der Waals surface area contributed by atoms with E-state index in [-0.39, 0.29) is 11.2 Å². The normalized spacial score (nSPS) is 13.4. The number of ketones is 1. The number of hydrogen-bond donors (Lipinski definition) is 0. The van der Waals surface area contributed by atoms with Gasteiger partial charge in [-0.25, -0.2) is 0 Å². The molecule has 0 unspecified atom stereocenters. The molecule has 0 aromatic heterocycles. The van der Waals surface area contributed by atoms with Crippen LogP contribution >= 0.6 is 31.9 Å². The van der Waals surface area contributed by atoms with Gasteiger partial charge < -0.3 is 0 Å². The molecule has 0 aliphatic heterocycles. The summed E-state index contributed by atoms with van der Waals surface area (Å²) < 4.78 is 1.77. The Morgan fingerprint density at radius 2 is 0.976 bits per heavy atom. The zero-order valence-corrected chi connectivity index (χ0v) is 25.7. The molecule has 42 heavy (non-hydrogen) atoms. The Hall–Kier alpha value is -4.05. The van der Waals surface area contributed by atoms with E-state index in [1.165, 1.54) is 44.5 Å². The molecule has 0 saturated carbocycles. The lowest BCUT2D eigenvalue weighted by Gasteiger charge is -2.30. The van der Waals surface area contributed by atoms with Gasteiger partial charge in [-0.15, -0.1) is 0 Å². The van der Waals surface area contributed by atoms with Crippen LogP contribution in [0.3, 0.4) is 0 Å². The van der Waals surface area contributed by atoms with E-state index in [4.69, 9.17) is 0 Å². The fourth-order valence-corrected chi connectivity index (χ4v) is 8.59. The third-order valence-electron chi connectivity index (χ3n) is 8.86. The summed E-state index contributed by atoms with van der Waals surface area (Å²) in [5.74, 6) is 0.0903. The topological polar surface area (TPSA) is 17.1 Å². The molecule has 0 bridgehead atoms. The van der Waals surface area contributed by atoms with Crippen LogP contribution in [0.4, 0.5) is 0 Å². The zero-order valence-electron chi connectivity index (χ0n) is 22.6. The summed E-state index contributed by atoms with van der Waals surface area (Å²) in [7, 11) is 0. The first-order valence-electron chi connectivity index (χ1n) is 14.1. The summed E-state index contributed by atoms with van der Waals surface area (Å²) in [5, 5.41) is 0.